The minimum absolute atomic E-state index is 0.265. The molecule has 1 aliphatic carbocycles. The summed E-state index contributed by atoms with van der Waals surface area (Å²) in [5, 5.41) is 3.32. The standard InChI is InChI=1S/C15H22FN3O/c1-3-19(13-8-4-11(16)5-9-13)10-15(2,14(17)20)18-12-6-7-12/h4-5,8-9,12,18H,3,6-7,10H2,1-2H3,(H2,17,20). The van der Waals surface area contributed by atoms with Gasteiger partial charge in [0.05, 0.1) is 0 Å². The number of rotatable bonds is 7. The summed E-state index contributed by atoms with van der Waals surface area (Å²) < 4.78 is 13.0. The summed E-state index contributed by atoms with van der Waals surface area (Å²) >= 11 is 0. The molecule has 1 aromatic carbocycles. The number of carbonyl (C=O) groups excluding carboxylic acids is 1. The first-order chi connectivity index (χ1) is 9.44. The maximum atomic E-state index is 13.0. The number of nitrogens with two attached hydrogens (primary N) is 1. The van der Waals surface area contributed by atoms with Crippen molar-refractivity contribution < 1.29 is 9.18 Å². The predicted octanol–water partition coefficient (Wildman–Crippen LogP) is 1.65. The number of hydrogen-bond donors (Lipinski definition) is 2. The van der Waals surface area contributed by atoms with Crippen LogP contribution >= 0.6 is 0 Å². The average molecular weight is 279 g/mol. The summed E-state index contributed by atoms with van der Waals surface area (Å²) in [6, 6.07) is 6.68. The van der Waals surface area contributed by atoms with Crippen molar-refractivity contribution in [3.8, 4) is 0 Å². The van der Waals surface area contributed by atoms with Crippen LogP contribution in [-0.2, 0) is 4.79 Å². The van der Waals surface area contributed by atoms with Gasteiger partial charge in [0, 0.05) is 24.8 Å². The van der Waals surface area contributed by atoms with Crippen LogP contribution in [0.2, 0.25) is 0 Å². The van der Waals surface area contributed by atoms with Gasteiger partial charge in [-0.2, -0.15) is 0 Å². The molecule has 3 N–H and O–H groups in total. The predicted molar refractivity (Wildman–Crippen MR) is 78.0 cm³/mol. The van der Waals surface area contributed by atoms with Crippen LogP contribution in [0.25, 0.3) is 0 Å². The van der Waals surface area contributed by atoms with Crippen LogP contribution in [0.5, 0.6) is 0 Å². The van der Waals surface area contributed by atoms with Crippen molar-refractivity contribution in [1.29, 1.82) is 0 Å². The number of amides is 1. The highest BCUT2D eigenvalue weighted by Crippen LogP contribution is 2.24. The van der Waals surface area contributed by atoms with Gasteiger partial charge in [0.25, 0.3) is 0 Å². The lowest BCUT2D eigenvalue weighted by Crippen LogP contribution is -2.60. The summed E-state index contributed by atoms with van der Waals surface area (Å²) in [5.41, 5.74) is 5.68. The number of anilines is 1. The zero-order valence-corrected chi connectivity index (χ0v) is 12.0. The van der Waals surface area contributed by atoms with Gasteiger partial charge >= 0.3 is 0 Å². The summed E-state index contributed by atoms with van der Waals surface area (Å²) in [5.74, 6) is -0.622. The van der Waals surface area contributed by atoms with Crippen molar-refractivity contribution in [2.75, 3.05) is 18.0 Å². The molecule has 1 saturated carbocycles. The van der Waals surface area contributed by atoms with Crippen LogP contribution in [0, 0.1) is 5.82 Å². The van der Waals surface area contributed by atoms with Crippen molar-refractivity contribution in [2.45, 2.75) is 38.3 Å². The Morgan fingerprint density at radius 2 is 2.05 bits per heavy atom. The molecule has 2 rings (SSSR count). The Kier molecular flexibility index (Phi) is 4.28. The van der Waals surface area contributed by atoms with Gasteiger partial charge in [-0.05, 0) is 51.0 Å². The molecule has 0 bridgehead atoms. The molecule has 1 amide bonds. The highest BCUT2D eigenvalue weighted by Gasteiger charge is 2.38. The largest absolute Gasteiger partial charge is 0.369 e. The van der Waals surface area contributed by atoms with Crippen LogP contribution in [0.4, 0.5) is 10.1 Å². The molecular weight excluding hydrogens is 257 g/mol. The molecule has 1 aliphatic rings. The normalized spacial score (nSPS) is 17.6. The van der Waals surface area contributed by atoms with Crippen molar-refractivity contribution in [3.63, 3.8) is 0 Å². The monoisotopic (exact) mass is 279 g/mol. The molecule has 5 heteroatoms. The van der Waals surface area contributed by atoms with Crippen molar-refractivity contribution in [1.82, 2.24) is 5.32 Å². The molecule has 4 nitrogen and oxygen atoms in total. The number of likely N-dealkylation sites (N-methyl/N-ethyl adjacent to an activating group) is 1. The molecular formula is C15H22FN3O. The number of nitrogens with one attached hydrogen (secondary N) is 1. The third-order valence-electron chi connectivity index (χ3n) is 3.72. The van der Waals surface area contributed by atoms with E-state index >= 15 is 0 Å². The van der Waals surface area contributed by atoms with E-state index in [1.54, 1.807) is 12.1 Å². The van der Waals surface area contributed by atoms with Gasteiger partial charge in [-0.3, -0.25) is 10.1 Å². The summed E-state index contributed by atoms with van der Waals surface area (Å²) in [6.45, 7) is 5.03. The first kappa shape index (κ1) is 14.8. The van der Waals surface area contributed by atoms with Crippen molar-refractivity contribution in [2.24, 2.45) is 5.73 Å². The fourth-order valence-electron chi connectivity index (χ4n) is 2.29. The third kappa shape index (κ3) is 3.48. The van der Waals surface area contributed by atoms with Gasteiger partial charge in [0.1, 0.15) is 11.4 Å². The highest BCUT2D eigenvalue weighted by atomic mass is 19.1. The second-order valence-corrected chi connectivity index (χ2v) is 5.61. The van der Waals surface area contributed by atoms with Crippen LogP contribution in [-0.4, -0.2) is 30.6 Å². The lowest BCUT2D eigenvalue weighted by atomic mass is 10.00. The first-order valence-corrected chi connectivity index (χ1v) is 7.03. The smallest absolute Gasteiger partial charge is 0.239 e. The average Bonchev–Trinajstić information content (AvgIpc) is 3.21. The highest BCUT2D eigenvalue weighted by molar-refractivity contribution is 5.85. The quantitative estimate of drug-likeness (QED) is 0.798. The van der Waals surface area contributed by atoms with Crippen LogP contribution in [0.15, 0.2) is 24.3 Å². The minimum Gasteiger partial charge on any atom is -0.369 e. The van der Waals surface area contributed by atoms with Gasteiger partial charge in [-0.1, -0.05) is 0 Å². The van der Waals surface area contributed by atoms with Crippen molar-refractivity contribution in [3.05, 3.63) is 30.1 Å². The van der Waals surface area contributed by atoms with E-state index < -0.39 is 5.54 Å². The van der Waals surface area contributed by atoms with E-state index in [1.807, 2.05) is 18.7 Å². The van der Waals surface area contributed by atoms with Gasteiger partial charge in [0.2, 0.25) is 5.91 Å². The maximum Gasteiger partial charge on any atom is 0.239 e. The van der Waals surface area contributed by atoms with Gasteiger partial charge in [-0.25, -0.2) is 4.39 Å². The van der Waals surface area contributed by atoms with E-state index in [2.05, 4.69) is 5.32 Å². The fourth-order valence-corrected chi connectivity index (χ4v) is 2.29. The van der Waals surface area contributed by atoms with Crippen molar-refractivity contribution >= 4 is 11.6 Å². The number of hydrogen-bond acceptors (Lipinski definition) is 3. The number of benzene rings is 1. The molecule has 20 heavy (non-hydrogen) atoms. The Balaban J connectivity index is 2.13. The van der Waals surface area contributed by atoms with E-state index in [4.69, 9.17) is 5.73 Å². The molecule has 1 unspecified atom stereocenters. The van der Waals surface area contributed by atoms with E-state index in [-0.39, 0.29) is 11.7 Å². The first-order valence-electron chi connectivity index (χ1n) is 7.03. The molecule has 1 aromatic rings. The van der Waals surface area contributed by atoms with E-state index in [1.165, 1.54) is 12.1 Å². The Hall–Kier alpha value is -1.62. The molecule has 0 radical (unpaired) electrons. The summed E-state index contributed by atoms with van der Waals surface area (Å²) in [6.07, 6.45) is 2.18. The van der Waals surface area contributed by atoms with Crippen LogP contribution in [0.1, 0.15) is 26.7 Å². The number of nitrogens with zero attached hydrogens (tertiary/aromatic N) is 1. The zero-order chi connectivity index (χ0) is 14.8. The fraction of sp³-hybridized carbons (Fsp3) is 0.533. The maximum absolute atomic E-state index is 13.0. The molecule has 0 aromatic heterocycles. The van der Waals surface area contributed by atoms with Gasteiger partial charge < -0.3 is 10.6 Å². The van der Waals surface area contributed by atoms with Crippen LogP contribution < -0.4 is 16.0 Å². The second-order valence-electron chi connectivity index (χ2n) is 5.61. The van der Waals surface area contributed by atoms with E-state index in [9.17, 15) is 9.18 Å². The van der Waals surface area contributed by atoms with E-state index in [0.717, 1.165) is 25.1 Å². The second kappa shape index (κ2) is 5.79. The number of primary amides is 1. The van der Waals surface area contributed by atoms with Gasteiger partial charge in [-0.15, -0.1) is 0 Å². The lowest BCUT2D eigenvalue weighted by molar-refractivity contribution is -0.123. The zero-order valence-electron chi connectivity index (χ0n) is 12.0. The minimum atomic E-state index is -0.772. The Labute approximate surface area is 119 Å². The molecule has 0 saturated heterocycles. The SMILES string of the molecule is CCN(CC(C)(NC1CC1)C(N)=O)c1ccc(F)cc1. The van der Waals surface area contributed by atoms with E-state index in [0.29, 0.717) is 12.6 Å². The molecule has 1 fully saturated rings. The summed E-state index contributed by atoms with van der Waals surface area (Å²) in [4.78, 5) is 13.8. The number of halogens is 1. The third-order valence-corrected chi connectivity index (χ3v) is 3.72. The topological polar surface area (TPSA) is 58.4 Å². The Morgan fingerprint density at radius 1 is 1.45 bits per heavy atom. The molecule has 0 heterocycles. The number of carbonyl (C=O) groups is 1. The molecule has 0 spiro atoms. The molecule has 0 aliphatic heterocycles. The summed E-state index contributed by atoms with van der Waals surface area (Å²) in [7, 11) is 0. The van der Waals surface area contributed by atoms with Gasteiger partial charge in [0.15, 0.2) is 0 Å². The Morgan fingerprint density at radius 3 is 2.50 bits per heavy atom. The molecule has 110 valence electrons. The lowest BCUT2D eigenvalue weighted by Gasteiger charge is -2.35. The molecule has 1 atom stereocenters. The van der Waals surface area contributed by atoms with Crippen LogP contribution in [0.3, 0.4) is 0 Å². The Bertz CT molecular complexity index is 473.